The van der Waals surface area contributed by atoms with E-state index in [2.05, 4.69) is 0 Å². The smallest absolute Gasteiger partial charge is 0.371 e. The number of nitro groups is 1. The van der Waals surface area contributed by atoms with E-state index in [1.807, 2.05) is 0 Å². The van der Waals surface area contributed by atoms with Gasteiger partial charge in [-0.2, -0.15) is 0 Å². The molecule has 0 atom stereocenters. The van der Waals surface area contributed by atoms with Crippen LogP contribution in [0.5, 0.6) is 0 Å². The molecule has 1 N–H and O–H groups in total. The molecule has 1 aromatic carbocycles. The highest BCUT2D eigenvalue weighted by Crippen LogP contribution is 2.28. The number of hydrogen-bond acceptors (Lipinski definition) is 4. The van der Waals surface area contributed by atoms with Crippen LogP contribution < -0.4 is 0 Å². The third-order valence-electron chi connectivity index (χ3n) is 2.51. The average molecular weight is 247 g/mol. The van der Waals surface area contributed by atoms with Gasteiger partial charge in [-0.3, -0.25) is 10.1 Å². The van der Waals surface area contributed by atoms with Gasteiger partial charge >= 0.3 is 5.97 Å². The maximum Gasteiger partial charge on any atom is 0.371 e. The minimum atomic E-state index is -1.18. The number of aromatic carboxylic acids is 1. The van der Waals surface area contributed by atoms with Gasteiger partial charge in [-0.05, 0) is 19.1 Å². The highest BCUT2D eigenvalue weighted by atomic mass is 16.6. The third-order valence-corrected chi connectivity index (χ3v) is 2.51. The fraction of sp³-hybridized carbons (Fsp3) is 0.0833. The Morgan fingerprint density at radius 2 is 2.06 bits per heavy atom. The molecule has 0 unspecified atom stereocenters. The van der Waals surface area contributed by atoms with Crippen molar-refractivity contribution < 1.29 is 19.2 Å². The molecule has 0 aliphatic carbocycles. The molecule has 0 saturated heterocycles. The lowest BCUT2D eigenvalue weighted by atomic mass is 10.1. The minimum Gasteiger partial charge on any atom is -0.475 e. The minimum absolute atomic E-state index is 0.0271. The molecule has 6 heteroatoms. The molecule has 0 fully saturated rings. The molecule has 18 heavy (non-hydrogen) atoms. The van der Waals surface area contributed by atoms with Crippen molar-refractivity contribution in [2.45, 2.75) is 6.92 Å². The molecule has 0 bridgehead atoms. The monoisotopic (exact) mass is 247 g/mol. The Kier molecular flexibility index (Phi) is 2.85. The highest BCUT2D eigenvalue weighted by molar-refractivity contribution is 5.85. The van der Waals surface area contributed by atoms with Crippen LogP contribution in [0.25, 0.3) is 11.3 Å². The summed E-state index contributed by atoms with van der Waals surface area (Å²) in [5, 5.41) is 19.5. The fourth-order valence-electron chi connectivity index (χ4n) is 1.57. The van der Waals surface area contributed by atoms with Crippen LogP contribution in [0, 0.1) is 17.0 Å². The lowest BCUT2D eigenvalue weighted by molar-refractivity contribution is -0.385. The molecule has 92 valence electrons. The van der Waals surface area contributed by atoms with Crippen LogP contribution in [0.2, 0.25) is 0 Å². The number of hydrogen-bond donors (Lipinski definition) is 1. The lowest BCUT2D eigenvalue weighted by Crippen LogP contribution is -1.92. The number of furan rings is 1. The molecule has 0 spiro atoms. The largest absolute Gasteiger partial charge is 0.475 e. The van der Waals surface area contributed by atoms with E-state index < -0.39 is 10.9 Å². The van der Waals surface area contributed by atoms with E-state index in [1.54, 1.807) is 19.1 Å². The van der Waals surface area contributed by atoms with Crippen molar-refractivity contribution in [1.29, 1.82) is 0 Å². The van der Waals surface area contributed by atoms with E-state index in [-0.39, 0.29) is 17.2 Å². The molecule has 0 aliphatic heterocycles. The first-order valence-electron chi connectivity index (χ1n) is 5.07. The van der Waals surface area contributed by atoms with Gasteiger partial charge in [0.2, 0.25) is 5.76 Å². The molecule has 6 nitrogen and oxygen atoms in total. The second-order valence-corrected chi connectivity index (χ2v) is 3.73. The summed E-state index contributed by atoms with van der Waals surface area (Å²) in [5.41, 5.74) is 0.981. The van der Waals surface area contributed by atoms with E-state index >= 15 is 0 Å². The molecule has 1 aromatic heterocycles. The number of nitrogens with zero attached hydrogens (tertiary/aromatic N) is 1. The summed E-state index contributed by atoms with van der Waals surface area (Å²) in [4.78, 5) is 21.0. The Bertz CT molecular complexity index is 629. The second kappa shape index (κ2) is 4.33. The van der Waals surface area contributed by atoms with Crippen molar-refractivity contribution in [2.75, 3.05) is 0 Å². The predicted octanol–water partition coefficient (Wildman–Crippen LogP) is 2.86. The molecule has 0 saturated carbocycles. The van der Waals surface area contributed by atoms with Crippen LogP contribution in [0.1, 0.15) is 16.1 Å². The van der Waals surface area contributed by atoms with Gasteiger partial charge in [-0.15, -0.1) is 0 Å². The number of aryl methyl sites for hydroxylation is 1. The van der Waals surface area contributed by atoms with Gasteiger partial charge in [0.25, 0.3) is 5.69 Å². The standard InChI is InChI=1S/C12H9NO5/c1-7-2-3-8(6-9(7)13(16)17)10-4-5-11(18-10)12(14)15/h2-6H,1H3,(H,14,15). The number of carboxylic acids is 1. The van der Waals surface area contributed by atoms with Gasteiger partial charge in [0.05, 0.1) is 4.92 Å². The van der Waals surface area contributed by atoms with Crippen molar-refractivity contribution in [1.82, 2.24) is 0 Å². The summed E-state index contributed by atoms with van der Waals surface area (Å²) in [6.07, 6.45) is 0. The normalized spacial score (nSPS) is 10.3. The molecule has 2 rings (SSSR count). The van der Waals surface area contributed by atoms with E-state index in [9.17, 15) is 14.9 Å². The molecule has 1 heterocycles. The molecule has 0 aliphatic rings. The van der Waals surface area contributed by atoms with Crippen molar-refractivity contribution in [2.24, 2.45) is 0 Å². The van der Waals surface area contributed by atoms with E-state index in [0.717, 1.165) is 0 Å². The molecule has 2 aromatic rings. The summed E-state index contributed by atoms with van der Waals surface area (Å²) in [6, 6.07) is 7.38. The Morgan fingerprint density at radius 1 is 1.33 bits per heavy atom. The Balaban J connectivity index is 2.47. The topological polar surface area (TPSA) is 93.6 Å². The molecule has 0 amide bonds. The van der Waals surface area contributed by atoms with E-state index in [1.165, 1.54) is 18.2 Å². The second-order valence-electron chi connectivity index (χ2n) is 3.73. The number of carbonyl (C=O) groups is 1. The number of carboxylic acid groups (broad SMARTS) is 1. The summed E-state index contributed by atoms with van der Waals surface area (Å²) >= 11 is 0. The predicted molar refractivity (Wildman–Crippen MR) is 62.5 cm³/mol. The van der Waals surface area contributed by atoms with Gasteiger partial charge < -0.3 is 9.52 Å². The van der Waals surface area contributed by atoms with Gasteiger partial charge in [0.15, 0.2) is 0 Å². The Hall–Kier alpha value is -2.63. The number of benzene rings is 1. The van der Waals surface area contributed by atoms with Crippen molar-refractivity contribution >= 4 is 11.7 Å². The van der Waals surface area contributed by atoms with Crippen molar-refractivity contribution in [3.63, 3.8) is 0 Å². The average Bonchev–Trinajstić information content (AvgIpc) is 2.78. The summed E-state index contributed by atoms with van der Waals surface area (Å²) in [7, 11) is 0. The van der Waals surface area contributed by atoms with Crippen molar-refractivity contribution in [3.8, 4) is 11.3 Å². The van der Waals surface area contributed by atoms with Crippen LogP contribution in [0.3, 0.4) is 0 Å². The quantitative estimate of drug-likeness (QED) is 0.664. The maximum atomic E-state index is 10.8. The first-order valence-corrected chi connectivity index (χ1v) is 5.07. The first kappa shape index (κ1) is 11.8. The summed E-state index contributed by atoms with van der Waals surface area (Å²) < 4.78 is 5.08. The Morgan fingerprint density at radius 3 is 2.61 bits per heavy atom. The zero-order valence-electron chi connectivity index (χ0n) is 9.41. The van der Waals surface area contributed by atoms with E-state index in [0.29, 0.717) is 11.1 Å². The molecular weight excluding hydrogens is 238 g/mol. The van der Waals surface area contributed by atoms with Crippen molar-refractivity contribution in [3.05, 3.63) is 51.8 Å². The molecule has 0 radical (unpaired) electrons. The van der Waals surface area contributed by atoms with Crippen LogP contribution in [-0.2, 0) is 0 Å². The lowest BCUT2D eigenvalue weighted by Gasteiger charge is -2.00. The highest BCUT2D eigenvalue weighted by Gasteiger charge is 2.15. The van der Waals surface area contributed by atoms with Gasteiger partial charge in [-0.25, -0.2) is 4.79 Å². The van der Waals surface area contributed by atoms with Gasteiger partial charge in [-0.1, -0.05) is 12.1 Å². The van der Waals surface area contributed by atoms with Gasteiger partial charge in [0, 0.05) is 17.2 Å². The number of nitro benzene ring substituents is 1. The summed E-state index contributed by atoms with van der Waals surface area (Å²) in [5.74, 6) is -1.09. The zero-order chi connectivity index (χ0) is 13.3. The fourth-order valence-corrected chi connectivity index (χ4v) is 1.57. The van der Waals surface area contributed by atoms with E-state index in [4.69, 9.17) is 9.52 Å². The SMILES string of the molecule is Cc1ccc(-c2ccc(C(=O)O)o2)cc1[N+](=O)[O-]. The maximum absolute atomic E-state index is 10.8. The van der Waals surface area contributed by atoms with Crippen LogP contribution in [-0.4, -0.2) is 16.0 Å². The van der Waals surface area contributed by atoms with Crippen LogP contribution >= 0.6 is 0 Å². The third kappa shape index (κ3) is 2.08. The first-order chi connectivity index (χ1) is 8.49. The van der Waals surface area contributed by atoms with Crippen LogP contribution in [0.4, 0.5) is 5.69 Å². The number of rotatable bonds is 3. The van der Waals surface area contributed by atoms with Gasteiger partial charge in [0.1, 0.15) is 5.76 Å². The molecular formula is C12H9NO5. The Labute approximate surface area is 102 Å². The summed E-state index contributed by atoms with van der Waals surface area (Å²) in [6.45, 7) is 1.63. The van der Waals surface area contributed by atoms with Crippen LogP contribution in [0.15, 0.2) is 34.7 Å². The zero-order valence-corrected chi connectivity index (χ0v) is 9.41.